The van der Waals surface area contributed by atoms with Gasteiger partial charge in [0.1, 0.15) is 5.75 Å². The second kappa shape index (κ2) is 9.58. The van der Waals surface area contributed by atoms with Crippen molar-refractivity contribution in [1.29, 1.82) is 0 Å². The minimum absolute atomic E-state index is 0.374. The predicted octanol–water partition coefficient (Wildman–Crippen LogP) is 2.27. The number of benzene rings is 2. The summed E-state index contributed by atoms with van der Waals surface area (Å²) in [5.41, 5.74) is 3.95. The summed E-state index contributed by atoms with van der Waals surface area (Å²) in [6, 6.07) is 15.1. The number of hydrazone groups is 1. The van der Waals surface area contributed by atoms with Crippen LogP contribution in [0.2, 0.25) is 0 Å². The van der Waals surface area contributed by atoms with Crippen LogP contribution in [0, 0.1) is 0 Å². The van der Waals surface area contributed by atoms with E-state index < -0.39 is 11.8 Å². The molecule has 2 amide bonds. The van der Waals surface area contributed by atoms with Crippen LogP contribution in [-0.2, 0) is 16.0 Å². The van der Waals surface area contributed by atoms with Gasteiger partial charge < -0.3 is 10.1 Å². The molecule has 0 saturated carbocycles. The Morgan fingerprint density at radius 2 is 1.92 bits per heavy atom. The molecule has 0 bridgehead atoms. The molecule has 0 saturated heterocycles. The first-order chi connectivity index (χ1) is 12.1. The number of hydrogen-bond acceptors (Lipinski definition) is 4. The van der Waals surface area contributed by atoms with Crippen LogP contribution in [0.15, 0.2) is 58.1 Å². The molecule has 2 aromatic carbocycles. The van der Waals surface area contributed by atoms with Crippen LogP contribution < -0.4 is 15.5 Å². The van der Waals surface area contributed by atoms with Crippen LogP contribution in [0.5, 0.6) is 5.75 Å². The normalized spacial score (nSPS) is 10.5. The number of nitrogens with one attached hydrogen (secondary N) is 2. The number of amides is 2. The summed E-state index contributed by atoms with van der Waals surface area (Å²) in [6.07, 6.45) is 2.07. The van der Waals surface area contributed by atoms with E-state index in [9.17, 15) is 9.59 Å². The van der Waals surface area contributed by atoms with Crippen molar-refractivity contribution >= 4 is 34.0 Å². The van der Waals surface area contributed by atoms with Gasteiger partial charge in [0.05, 0.1) is 13.3 Å². The van der Waals surface area contributed by atoms with Crippen molar-refractivity contribution in [3.05, 3.63) is 64.1 Å². The third kappa shape index (κ3) is 6.04. The van der Waals surface area contributed by atoms with Gasteiger partial charge in [-0.15, -0.1) is 0 Å². The van der Waals surface area contributed by atoms with Crippen LogP contribution in [0.25, 0.3) is 0 Å². The SMILES string of the molecule is COc1ccc(Br)cc1/C=N/NC(=O)C(=O)NCCc1ccccc1. The maximum atomic E-state index is 11.7. The maximum absolute atomic E-state index is 11.7. The van der Waals surface area contributed by atoms with Crippen molar-refractivity contribution in [3.8, 4) is 5.75 Å². The molecule has 0 aromatic heterocycles. The Bertz CT molecular complexity index is 763. The summed E-state index contributed by atoms with van der Waals surface area (Å²) in [6.45, 7) is 0.374. The first kappa shape index (κ1) is 18.7. The molecule has 0 unspecified atom stereocenters. The summed E-state index contributed by atoms with van der Waals surface area (Å²) in [5.74, 6) is -0.943. The van der Waals surface area contributed by atoms with Gasteiger partial charge in [0, 0.05) is 16.6 Å². The Morgan fingerprint density at radius 1 is 1.16 bits per heavy atom. The fourth-order valence-corrected chi connectivity index (χ4v) is 2.44. The van der Waals surface area contributed by atoms with Crippen LogP contribution in [0.3, 0.4) is 0 Å². The largest absolute Gasteiger partial charge is 0.496 e. The standard InChI is InChI=1S/C18H18BrN3O3/c1-25-16-8-7-15(19)11-14(16)12-21-22-18(24)17(23)20-10-9-13-5-3-2-4-6-13/h2-8,11-12H,9-10H2,1H3,(H,20,23)(H,22,24)/b21-12+. The molecule has 0 aliphatic rings. The average molecular weight is 404 g/mol. The molecule has 25 heavy (non-hydrogen) atoms. The molecule has 7 heteroatoms. The van der Waals surface area contributed by atoms with E-state index >= 15 is 0 Å². The van der Waals surface area contributed by atoms with E-state index in [1.165, 1.54) is 6.21 Å². The third-order valence-corrected chi connectivity index (χ3v) is 3.80. The van der Waals surface area contributed by atoms with Crippen molar-refractivity contribution in [1.82, 2.24) is 10.7 Å². The van der Waals surface area contributed by atoms with Gasteiger partial charge in [-0.1, -0.05) is 46.3 Å². The molecule has 130 valence electrons. The number of carbonyl (C=O) groups excluding carboxylic acids is 2. The molecule has 0 atom stereocenters. The van der Waals surface area contributed by atoms with E-state index in [1.807, 2.05) is 36.4 Å². The number of hydrogen-bond donors (Lipinski definition) is 2. The number of carbonyl (C=O) groups is 2. The predicted molar refractivity (Wildman–Crippen MR) is 99.6 cm³/mol. The highest BCUT2D eigenvalue weighted by molar-refractivity contribution is 9.10. The monoisotopic (exact) mass is 403 g/mol. The highest BCUT2D eigenvalue weighted by Crippen LogP contribution is 2.21. The van der Waals surface area contributed by atoms with Gasteiger partial charge in [0.15, 0.2) is 0 Å². The van der Waals surface area contributed by atoms with Crippen molar-refractivity contribution < 1.29 is 14.3 Å². The number of nitrogens with zero attached hydrogens (tertiary/aromatic N) is 1. The topological polar surface area (TPSA) is 79.8 Å². The van der Waals surface area contributed by atoms with Gasteiger partial charge in [0.2, 0.25) is 0 Å². The Kier molecular flexibility index (Phi) is 7.16. The van der Waals surface area contributed by atoms with Crippen molar-refractivity contribution in [2.24, 2.45) is 5.10 Å². The smallest absolute Gasteiger partial charge is 0.329 e. The minimum Gasteiger partial charge on any atom is -0.496 e. The second-order valence-corrected chi connectivity index (χ2v) is 5.99. The lowest BCUT2D eigenvalue weighted by Crippen LogP contribution is -2.38. The van der Waals surface area contributed by atoms with E-state index in [4.69, 9.17) is 4.74 Å². The van der Waals surface area contributed by atoms with Gasteiger partial charge >= 0.3 is 11.8 Å². The van der Waals surface area contributed by atoms with E-state index in [-0.39, 0.29) is 0 Å². The zero-order valence-corrected chi connectivity index (χ0v) is 15.2. The van der Waals surface area contributed by atoms with E-state index in [1.54, 1.807) is 19.2 Å². The number of halogens is 1. The molecule has 0 radical (unpaired) electrons. The Hall–Kier alpha value is -2.67. The molecular formula is C18H18BrN3O3. The first-order valence-corrected chi connectivity index (χ1v) is 8.38. The van der Waals surface area contributed by atoms with Crippen molar-refractivity contribution in [3.63, 3.8) is 0 Å². The summed E-state index contributed by atoms with van der Waals surface area (Å²) >= 11 is 3.35. The Balaban J connectivity index is 1.81. The van der Waals surface area contributed by atoms with Crippen LogP contribution in [-0.4, -0.2) is 31.7 Å². The molecule has 0 spiro atoms. The molecule has 6 nitrogen and oxygen atoms in total. The average Bonchev–Trinajstić information content (AvgIpc) is 2.62. The van der Waals surface area contributed by atoms with Crippen molar-refractivity contribution in [2.75, 3.05) is 13.7 Å². The summed E-state index contributed by atoms with van der Waals surface area (Å²) in [7, 11) is 1.54. The Labute approximate surface area is 154 Å². The van der Waals surface area contributed by atoms with Gasteiger partial charge in [-0.25, -0.2) is 5.43 Å². The summed E-state index contributed by atoms with van der Waals surface area (Å²) < 4.78 is 6.04. The van der Waals surface area contributed by atoms with Crippen molar-refractivity contribution in [2.45, 2.75) is 6.42 Å². The highest BCUT2D eigenvalue weighted by Gasteiger charge is 2.11. The molecule has 0 heterocycles. The molecule has 0 fully saturated rings. The molecular weight excluding hydrogens is 386 g/mol. The number of ether oxygens (including phenoxy) is 1. The van der Waals surface area contributed by atoms with Crippen LogP contribution in [0.4, 0.5) is 0 Å². The fourth-order valence-electron chi connectivity index (χ4n) is 2.06. The zero-order valence-electron chi connectivity index (χ0n) is 13.7. The molecule has 2 aromatic rings. The number of methoxy groups -OCH3 is 1. The third-order valence-electron chi connectivity index (χ3n) is 3.31. The van der Waals surface area contributed by atoms with Crippen LogP contribution >= 0.6 is 15.9 Å². The van der Waals surface area contributed by atoms with E-state index in [0.29, 0.717) is 24.3 Å². The lowest BCUT2D eigenvalue weighted by Gasteiger charge is -2.05. The van der Waals surface area contributed by atoms with E-state index in [2.05, 4.69) is 31.8 Å². The molecule has 0 aliphatic carbocycles. The minimum atomic E-state index is -0.821. The van der Waals surface area contributed by atoms with Gasteiger partial charge in [-0.2, -0.15) is 5.10 Å². The molecule has 2 N–H and O–H groups in total. The lowest BCUT2D eigenvalue weighted by molar-refractivity contribution is -0.139. The van der Waals surface area contributed by atoms with Crippen LogP contribution in [0.1, 0.15) is 11.1 Å². The Morgan fingerprint density at radius 3 is 2.64 bits per heavy atom. The molecule has 2 rings (SSSR count). The summed E-state index contributed by atoms with van der Waals surface area (Å²) in [4.78, 5) is 23.4. The quantitative estimate of drug-likeness (QED) is 0.441. The van der Waals surface area contributed by atoms with Gasteiger partial charge in [0.25, 0.3) is 0 Å². The van der Waals surface area contributed by atoms with E-state index in [0.717, 1.165) is 10.0 Å². The number of rotatable bonds is 6. The highest BCUT2D eigenvalue weighted by atomic mass is 79.9. The lowest BCUT2D eigenvalue weighted by atomic mass is 10.1. The molecule has 0 aliphatic heterocycles. The summed E-state index contributed by atoms with van der Waals surface area (Å²) in [5, 5.41) is 6.35. The van der Waals surface area contributed by atoms with Gasteiger partial charge in [-0.3, -0.25) is 9.59 Å². The first-order valence-electron chi connectivity index (χ1n) is 7.59. The van der Waals surface area contributed by atoms with Gasteiger partial charge in [-0.05, 0) is 30.2 Å². The zero-order chi connectivity index (χ0) is 18.1. The second-order valence-electron chi connectivity index (χ2n) is 5.08. The fraction of sp³-hybridized carbons (Fsp3) is 0.167. The maximum Gasteiger partial charge on any atom is 0.329 e.